The molecule has 0 aliphatic rings. The SMILES string of the molecule is C=Cc1cccc(Sc2cccc(C=C)c2OCc2ccccc2)c1OCc1ccccc1. The minimum absolute atomic E-state index is 0.489. The van der Waals surface area contributed by atoms with Gasteiger partial charge in [-0.2, -0.15) is 0 Å². The molecule has 0 heterocycles. The molecule has 0 spiro atoms. The van der Waals surface area contributed by atoms with Crippen LogP contribution < -0.4 is 9.47 Å². The third-order valence-corrected chi connectivity index (χ3v) is 6.21. The number of ether oxygens (including phenoxy) is 2. The average molecular weight is 451 g/mol. The standard InChI is InChI=1S/C30H26O2S/c1-3-25-17-11-19-27(29(25)31-21-23-13-7-5-8-14-23)33-28-20-12-18-26(4-2)30(28)32-22-24-15-9-6-10-16-24/h3-20H,1-2,21-22H2. The summed E-state index contributed by atoms with van der Waals surface area (Å²) >= 11 is 1.62. The van der Waals surface area contributed by atoms with Gasteiger partial charge < -0.3 is 9.47 Å². The number of para-hydroxylation sites is 2. The van der Waals surface area contributed by atoms with E-state index in [2.05, 4.69) is 49.6 Å². The first-order valence-electron chi connectivity index (χ1n) is 10.8. The number of benzene rings is 4. The van der Waals surface area contributed by atoms with Crippen molar-refractivity contribution in [3.8, 4) is 11.5 Å². The zero-order chi connectivity index (χ0) is 22.9. The van der Waals surface area contributed by atoms with Gasteiger partial charge >= 0.3 is 0 Å². The van der Waals surface area contributed by atoms with E-state index in [4.69, 9.17) is 9.47 Å². The molecule has 0 unspecified atom stereocenters. The molecule has 0 N–H and O–H groups in total. The van der Waals surface area contributed by atoms with E-state index in [0.29, 0.717) is 13.2 Å². The van der Waals surface area contributed by atoms with Gasteiger partial charge in [-0.25, -0.2) is 0 Å². The molecular formula is C30H26O2S. The molecule has 0 saturated heterocycles. The Bertz CT molecular complexity index is 1120. The van der Waals surface area contributed by atoms with Gasteiger partial charge in [0, 0.05) is 11.1 Å². The van der Waals surface area contributed by atoms with Crippen molar-refractivity contribution in [3.05, 3.63) is 132 Å². The highest BCUT2D eigenvalue weighted by Gasteiger charge is 2.15. The van der Waals surface area contributed by atoms with Crippen LogP contribution in [0.25, 0.3) is 12.2 Å². The third-order valence-electron chi connectivity index (χ3n) is 5.13. The van der Waals surface area contributed by atoms with Gasteiger partial charge in [0.25, 0.3) is 0 Å². The van der Waals surface area contributed by atoms with E-state index in [1.54, 1.807) is 11.8 Å². The van der Waals surface area contributed by atoms with E-state index in [1.807, 2.05) is 72.8 Å². The fraction of sp³-hybridized carbons (Fsp3) is 0.0667. The monoisotopic (exact) mass is 450 g/mol. The van der Waals surface area contributed by atoms with E-state index >= 15 is 0 Å². The molecule has 164 valence electrons. The predicted octanol–water partition coefficient (Wildman–Crippen LogP) is 8.28. The Hall–Kier alpha value is -3.69. The van der Waals surface area contributed by atoms with E-state index in [-0.39, 0.29) is 0 Å². The van der Waals surface area contributed by atoms with Crippen LogP contribution in [0.1, 0.15) is 22.3 Å². The number of rotatable bonds is 10. The van der Waals surface area contributed by atoms with E-state index < -0.39 is 0 Å². The van der Waals surface area contributed by atoms with Crippen LogP contribution in [0.3, 0.4) is 0 Å². The molecular weight excluding hydrogens is 424 g/mol. The maximum atomic E-state index is 6.29. The zero-order valence-electron chi connectivity index (χ0n) is 18.4. The minimum atomic E-state index is 0.489. The van der Waals surface area contributed by atoms with Gasteiger partial charge in [0.15, 0.2) is 0 Å². The Labute approximate surface area is 200 Å². The Morgan fingerprint density at radius 2 is 0.970 bits per heavy atom. The fourth-order valence-electron chi connectivity index (χ4n) is 3.43. The topological polar surface area (TPSA) is 18.5 Å². The summed E-state index contributed by atoms with van der Waals surface area (Å²) in [5.41, 5.74) is 4.16. The van der Waals surface area contributed by atoms with Crippen molar-refractivity contribution in [2.24, 2.45) is 0 Å². The summed E-state index contributed by atoms with van der Waals surface area (Å²) in [6, 6.07) is 32.6. The van der Waals surface area contributed by atoms with Gasteiger partial charge in [-0.15, -0.1) is 0 Å². The molecule has 0 atom stereocenters. The summed E-state index contributed by atoms with van der Waals surface area (Å²) in [6.45, 7) is 8.93. The van der Waals surface area contributed by atoms with E-state index in [0.717, 1.165) is 43.5 Å². The van der Waals surface area contributed by atoms with Crippen LogP contribution in [0.5, 0.6) is 11.5 Å². The predicted molar refractivity (Wildman–Crippen MR) is 139 cm³/mol. The molecule has 0 fully saturated rings. The molecule has 33 heavy (non-hydrogen) atoms. The molecule has 0 aliphatic carbocycles. The third kappa shape index (κ3) is 5.76. The van der Waals surface area contributed by atoms with Crippen LogP contribution in [-0.2, 0) is 13.2 Å². The molecule has 4 rings (SSSR count). The molecule has 4 aromatic carbocycles. The smallest absolute Gasteiger partial charge is 0.140 e. The first-order valence-corrected chi connectivity index (χ1v) is 11.6. The first kappa shape index (κ1) is 22.5. The lowest BCUT2D eigenvalue weighted by molar-refractivity contribution is 0.296. The van der Waals surface area contributed by atoms with Crippen LogP contribution in [0.15, 0.2) is 120 Å². The molecule has 0 amide bonds. The molecule has 0 saturated carbocycles. The maximum Gasteiger partial charge on any atom is 0.140 e. The van der Waals surface area contributed by atoms with Crippen molar-refractivity contribution in [2.75, 3.05) is 0 Å². The molecule has 3 heteroatoms. The second-order valence-corrected chi connectivity index (χ2v) is 8.49. The maximum absolute atomic E-state index is 6.29. The Morgan fingerprint density at radius 3 is 1.36 bits per heavy atom. The van der Waals surface area contributed by atoms with Crippen LogP contribution in [0.4, 0.5) is 0 Å². The Morgan fingerprint density at radius 1 is 0.545 bits per heavy atom. The summed E-state index contributed by atoms with van der Waals surface area (Å²) in [5, 5.41) is 0. The summed E-state index contributed by atoms with van der Waals surface area (Å²) < 4.78 is 12.6. The van der Waals surface area contributed by atoms with Crippen LogP contribution in [0, 0.1) is 0 Å². The molecule has 4 aromatic rings. The zero-order valence-corrected chi connectivity index (χ0v) is 19.3. The van der Waals surface area contributed by atoms with Crippen LogP contribution in [0.2, 0.25) is 0 Å². The molecule has 0 aromatic heterocycles. The summed E-state index contributed by atoms with van der Waals surface area (Å²) in [5.74, 6) is 1.64. The van der Waals surface area contributed by atoms with Crippen molar-refractivity contribution in [1.82, 2.24) is 0 Å². The van der Waals surface area contributed by atoms with Gasteiger partial charge in [-0.05, 0) is 23.3 Å². The van der Waals surface area contributed by atoms with Crippen molar-refractivity contribution < 1.29 is 9.47 Å². The molecule has 0 radical (unpaired) electrons. The molecule has 2 nitrogen and oxygen atoms in total. The van der Waals surface area contributed by atoms with Gasteiger partial charge in [-0.3, -0.25) is 0 Å². The molecule has 0 bridgehead atoms. The quantitative estimate of drug-likeness (QED) is 0.242. The number of hydrogen-bond donors (Lipinski definition) is 0. The van der Waals surface area contributed by atoms with Gasteiger partial charge in [0.2, 0.25) is 0 Å². The summed E-state index contributed by atoms with van der Waals surface area (Å²) in [6.07, 6.45) is 3.66. The average Bonchev–Trinajstić information content (AvgIpc) is 2.88. The van der Waals surface area contributed by atoms with Crippen molar-refractivity contribution in [1.29, 1.82) is 0 Å². The van der Waals surface area contributed by atoms with Gasteiger partial charge in [0.1, 0.15) is 24.7 Å². The normalized spacial score (nSPS) is 10.4. The van der Waals surface area contributed by atoms with Crippen molar-refractivity contribution >= 4 is 23.9 Å². The van der Waals surface area contributed by atoms with E-state index in [9.17, 15) is 0 Å². The lowest BCUT2D eigenvalue weighted by Gasteiger charge is -2.17. The highest BCUT2D eigenvalue weighted by atomic mass is 32.2. The first-order chi connectivity index (χ1) is 16.3. The highest BCUT2D eigenvalue weighted by Crippen LogP contribution is 2.43. The largest absolute Gasteiger partial charge is 0.487 e. The number of hydrogen-bond acceptors (Lipinski definition) is 3. The van der Waals surface area contributed by atoms with Crippen LogP contribution in [-0.4, -0.2) is 0 Å². The summed E-state index contributed by atoms with van der Waals surface area (Å²) in [4.78, 5) is 2.02. The summed E-state index contributed by atoms with van der Waals surface area (Å²) in [7, 11) is 0. The second kappa shape index (κ2) is 11.3. The lowest BCUT2D eigenvalue weighted by Crippen LogP contribution is -2.00. The fourth-order valence-corrected chi connectivity index (χ4v) is 4.50. The van der Waals surface area contributed by atoms with Crippen molar-refractivity contribution in [3.63, 3.8) is 0 Å². The molecule has 0 aliphatic heterocycles. The van der Waals surface area contributed by atoms with Gasteiger partial charge in [0.05, 0.1) is 9.79 Å². The van der Waals surface area contributed by atoms with Crippen molar-refractivity contribution in [2.45, 2.75) is 23.0 Å². The Balaban J connectivity index is 1.63. The Kier molecular flexibility index (Phi) is 7.68. The van der Waals surface area contributed by atoms with Crippen LogP contribution >= 0.6 is 11.8 Å². The van der Waals surface area contributed by atoms with E-state index in [1.165, 1.54) is 0 Å². The lowest BCUT2D eigenvalue weighted by atomic mass is 10.2. The minimum Gasteiger partial charge on any atom is -0.487 e. The second-order valence-electron chi connectivity index (χ2n) is 7.41. The highest BCUT2D eigenvalue weighted by molar-refractivity contribution is 7.99. The van der Waals surface area contributed by atoms with Gasteiger partial charge in [-0.1, -0.05) is 122 Å².